The highest BCUT2D eigenvalue weighted by Gasteiger charge is 2.52. The number of aromatic nitrogens is 2. The van der Waals surface area contributed by atoms with E-state index in [1.807, 2.05) is 4.90 Å². The number of allylic oxidation sites excluding steroid dienone is 1. The van der Waals surface area contributed by atoms with Crippen LogP contribution < -0.4 is 16.7 Å². The normalized spacial score (nSPS) is 28.0. The molecule has 2 fully saturated rings. The van der Waals surface area contributed by atoms with Crippen molar-refractivity contribution in [3.05, 3.63) is 34.5 Å². The van der Waals surface area contributed by atoms with Gasteiger partial charge in [-0.1, -0.05) is 0 Å². The van der Waals surface area contributed by atoms with Crippen molar-refractivity contribution in [1.82, 2.24) is 19.8 Å². The first-order valence-corrected chi connectivity index (χ1v) is 7.93. The van der Waals surface area contributed by atoms with E-state index in [2.05, 4.69) is 10.3 Å². The quantitative estimate of drug-likeness (QED) is 0.666. The molecule has 2 atom stereocenters. The number of nitrogens with one attached hydrogen (secondary N) is 2. The highest BCUT2D eigenvalue weighted by Crippen LogP contribution is 2.42. The monoisotopic (exact) mass is 354 g/mol. The largest absolute Gasteiger partial charge is 0.386 e. The topological polar surface area (TPSA) is 109 Å². The third-order valence-corrected chi connectivity index (χ3v) is 4.21. The van der Waals surface area contributed by atoms with Gasteiger partial charge < -0.3 is 21.2 Å². The highest BCUT2D eigenvalue weighted by atomic mass is 19.3. The van der Waals surface area contributed by atoms with Crippen LogP contribution in [0.5, 0.6) is 0 Å². The zero-order valence-electron chi connectivity index (χ0n) is 13.5. The predicted molar refractivity (Wildman–Crippen MR) is 87.7 cm³/mol. The number of nitrogens with zero attached hydrogens (tertiary/aromatic N) is 3. The molecule has 0 bridgehead atoms. The van der Waals surface area contributed by atoms with Crippen molar-refractivity contribution in [3.8, 4) is 0 Å². The summed E-state index contributed by atoms with van der Waals surface area (Å²) >= 11 is 0. The molecule has 0 saturated carbocycles. The molecule has 0 radical (unpaired) electrons. The molecule has 0 aromatic carbocycles. The van der Waals surface area contributed by atoms with E-state index in [1.54, 1.807) is 6.08 Å². The third-order valence-electron chi connectivity index (χ3n) is 4.21. The summed E-state index contributed by atoms with van der Waals surface area (Å²) in [4.78, 5) is 17.3. The SMILES string of the molecule is N=C/C=C1/CN(C[C@@H]2CC(F)(F)[C@H](n3ccc(N)nc3=O)O2)CCN1. The molecule has 2 saturated heterocycles. The van der Waals surface area contributed by atoms with Crippen molar-refractivity contribution in [2.75, 3.05) is 31.9 Å². The second-order valence-electron chi connectivity index (χ2n) is 6.14. The molecule has 1 aromatic rings. The third kappa shape index (κ3) is 3.85. The molecule has 0 amide bonds. The molecule has 0 spiro atoms. The van der Waals surface area contributed by atoms with Crippen LogP contribution in [-0.4, -0.2) is 58.9 Å². The maximum atomic E-state index is 14.4. The Morgan fingerprint density at radius 1 is 1.56 bits per heavy atom. The molecule has 10 heteroatoms. The summed E-state index contributed by atoms with van der Waals surface area (Å²) in [5.41, 5.74) is 5.40. The van der Waals surface area contributed by atoms with Crippen molar-refractivity contribution in [2.24, 2.45) is 0 Å². The van der Waals surface area contributed by atoms with Gasteiger partial charge in [-0.05, 0) is 12.1 Å². The van der Waals surface area contributed by atoms with E-state index < -0.39 is 30.4 Å². The van der Waals surface area contributed by atoms with E-state index in [-0.39, 0.29) is 5.82 Å². The van der Waals surface area contributed by atoms with Crippen molar-refractivity contribution < 1.29 is 13.5 Å². The van der Waals surface area contributed by atoms with Crippen LogP contribution in [0, 0.1) is 5.41 Å². The van der Waals surface area contributed by atoms with E-state index in [4.69, 9.17) is 15.9 Å². The minimum Gasteiger partial charge on any atom is -0.386 e. The number of anilines is 1. The fourth-order valence-corrected chi connectivity index (χ4v) is 3.12. The van der Waals surface area contributed by atoms with Crippen molar-refractivity contribution in [2.45, 2.75) is 24.7 Å². The molecule has 3 heterocycles. The maximum Gasteiger partial charge on any atom is 0.351 e. The second-order valence-corrected chi connectivity index (χ2v) is 6.14. The number of ether oxygens (including phenoxy) is 1. The molecule has 0 unspecified atom stereocenters. The first-order valence-electron chi connectivity index (χ1n) is 7.93. The van der Waals surface area contributed by atoms with E-state index in [0.717, 1.165) is 10.3 Å². The lowest BCUT2D eigenvalue weighted by Crippen LogP contribution is -2.45. The Balaban J connectivity index is 1.70. The van der Waals surface area contributed by atoms with Gasteiger partial charge in [0.1, 0.15) is 5.82 Å². The first kappa shape index (κ1) is 17.5. The fourth-order valence-electron chi connectivity index (χ4n) is 3.12. The Bertz CT molecular complexity index is 735. The van der Waals surface area contributed by atoms with Gasteiger partial charge in [-0.15, -0.1) is 0 Å². The number of piperazine rings is 1. The lowest BCUT2D eigenvalue weighted by molar-refractivity contribution is -0.118. The van der Waals surface area contributed by atoms with Gasteiger partial charge in [0, 0.05) is 50.7 Å². The minimum atomic E-state index is -3.17. The number of hydrogen-bond acceptors (Lipinski definition) is 7. The summed E-state index contributed by atoms with van der Waals surface area (Å²) in [5, 5.41) is 10.3. The van der Waals surface area contributed by atoms with Gasteiger partial charge in [0.05, 0.1) is 6.10 Å². The Hall–Kier alpha value is -2.33. The van der Waals surface area contributed by atoms with E-state index in [1.165, 1.54) is 18.5 Å². The van der Waals surface area contributed by atoms with Crippen LogP contribution in [-0.2, 0) is 4.74 Å². The van der Waals surface area contributed by atoms with Crippen LogP contribution in [0.1, 0.15) is 12.6 Å². The number of hydrogen-bond donors (Lipinski definition) is 3. The van der Waals surface area contributed by atoms with Crippen LogP contribution in [0.3, 0.4) is 0 Å². The van der Waals surface area contributed by atoms with Gasteiger partial charge in [-0.25, -0.2) is 13.6 Å². The molecular formula is C15H20F2N6O2. The smallest absolute Gasteiger partial charge is 0.351 e. The molecular weight excluding hydrogens is 334 g/mol. The average molecular weight is 354 g/mol. The molecule has 1 aromatic heterocycles. The average Bonchev–Trinajstić information content (AvgIpc) is 2.82. The first-order chi connectivity index (χ1) is 11.9. The lowest BCUT2D eigenvalue weighted by atomic mass is 10.1. The molecule has 2 aliphatic heterocycles. The standard InChI is InChI=1S/C15H20F2N6O2/c16-15(17)7-11(9-22-6-4-20-10(8-22)1-3-18)25-13(15)23-5-2-12(19)21-14(23)24/h1-3,5,11,13,18,20H,4,6-9H2,(H2,19,21,24)/b10-1-,18-3?/t11-,13+/m0/s1. The van der Waals surface area contributed by atoms with E-state index in [9.17, 15) is 13.6 Å². The second kappa shape index (κ2) is 6.89. The molecule has 25 heavy (non-hydrogen) atoms. The molecule has 8 nitrogen and oxygen atoms in total. The van der Waals surface area contributed by atoms with Gasteiger partial charge in [0.25, 0.3) is 5.92 Å². The summed E-state index contributed by atoms with van der Waals surface area (Å²) in [6.07, 6.45) is 1.14. The number of nitrogens with two attached hydrogens (primary N) is 1. The molecule has 3 rings (SSSR count). The summed E-state index contributed by atoms with van der Waals surface area (Å²) in [6.45, 7) is 2.22. The van der Waals surface area contributed by atoms with Crippen LogP contribution in [0.15, 0.2) is 28.8 Å². The van der Waals surface area contributed by atoms with Crippen molar-refractivity contribution in [3.63, 3.8) is 0 Å². The minimum absolute atomic E-state index is 0.0227. The Labute approximate surface area is 142 Å². The molecule has 2 aliphatic rings. The van der Waals surface area contributed by atoms with E-state index in [0.29, 0.717) is 26.2 Å². The number of rotatable bonds is 4. The van der Waals surface area contributed by atoms with Crippen LogP contribution in [0.4, 0.5) is 14.6 Å². The Morgan fingerprint density at radius 2 is 2.36 bits per heavy atom. The maximum absolute atomic E-state index is 14.4. The molecule has 4 N–H and O–H groups in total. The van der Waals surface area contributed by atoms with Crippen LogP contribution in [0.25, 0.3) is 0 Å². The van der Waals surface area contributed by atoms with Gasteiger partial charge in [-0.3, -0.25) is 9.47 Å². The fraction of sp³-hybridized carbons (Fsp3) is 0.533. The van der Waals surface area contributed by atoms with Gasteiger partial charge in [-0.2, -0.15) is 4.98 Å². The van der Waals surface area contributed by atoms with E-state index >= 15 is 0 Å². The summed E-state index contributed by atoms with van der Waals surface area (Å²) < 4.78 is 35.0. The lowest BCUT2D eigenvalue weighted by Gasteiger charge is -2.31. The summed E-state index contributed by atoms with van der Waals surface area (Å²) in [7, 11) is 0. The number of nitrogen functional groups attached to an aromatic ring is 1. The van der Waals surface area contributed by atoms with Crippen molar-refractivity contribution >= 4 is 12.0 Å². The van der Waals surface area contributed by atoms with Crippen molar-refractivity contribution in [1.29, 1.82) is 5.41 Å². The van der Waals surface area contributed by atoms with Crippen LogP contribution in [0.2, 0.25) is 0 Å². The zero-order chi connectivity index (χ0) is 18.0. The summed E-state index contributed by atoms with van der Waals surface area (Å²) in [6, 6.07) is 1.29. The predicted octanol–water partition coefficient (Wildman–Crippen LogP) is 0.187. The van der Waals surface area contributed by atoms with Gasteiger partial charge in [0.2, 0.25) is 6.23 Å². The summed E-state index contributed by atoms with van der Waals surface area (Å²) in [5.74, 6) is -3.20. The molecule has 0 aliphatic carbocycles. The zero-order valence-corrected chi connectivity index (χ0v) is 13.5. The highest BCUT2D eigenvalue weighted by molar-refractivity contribution is 5.68. The number of halogens is 2. The van der Waals surface area contributed by atoms with Gasteiger partial charge >= 0.3 is 5.69 Å². The van der Waals surface area contributed by atoms with Crippen LogP contribution >= 0.6 is 0 Å². The van der Waals surface area contributed by atoms with Gasteiger partial charge in [0.15, 0.2) is 0 Å². The number of alkyl halides is 2. The molecule has 136 valence electrons. The Kier molecular flexibility index (Phi) is 4.82. The Morgan fingerprint density at radius 3 is 3.08 bits per heavy atom.